The Morgan fingerprint density at radius 2 is 1.35 bits per heavy atom. The lowest BCUT2D eigenvalue weighted by molar-refractivity contribution is 0.474. The van der Waals surface area contributed by atoms with Crippen LogP contribution in [0.5, 0.6) is 11.5 Å². The summed E-state index contributed by atoms with van der Waals surface area (Å²) in [7, 11) is 0. The van der Waals surface area contributed by atoms with Crippen LogP contribution in [0.2, 0.25) is 0 Å². The van der Waals surface area contributed by atoms with Crippen molar-refractivity contribution in [3.8, 4) is 22.9 Å². The number of rotatable bonds is 4. The fourth-order valence-electron chi connectivity index (χ4n) is 3.45. The standard InChI is InChI=1S/C23H22N4O4/c1-3-20-18(22(30)26(24-20)14-5-9-16(28)10-6-14)13-19-21(4-2)25-27(23(19)31)15-7-11-17(29)12-8-15/h3,5-13,24-25,28-29H,4H2,1-2H3. The Kier molecular flexibility index (Phi) is 5.12. The molecule has 0 atom stereocenters. The van der Waals surface area contributed by atoms with Crippen molar-refractivity contribution in [1.82, 2.24) is 19.6 Å². The number of nitrogens with zero attached hydrogens (tertiary/aromatic N) is 2. The minimum absolute atomic E-state index is 0.104. The van der Waals surface area contributed by atoms with Crippen molar-refractivity contribution >= 4 is 12.2 Å². The summed E-state index contributed by atoms with van der Waals surface area (Å²) in [5, 5.41) is 26.1. The van der Waals surface area contributed by atoms with E-state index in [1.165, 1.54) is 33.6 Å². The van der Waals surface area contributed by atoms with Crippen molar-refractivity contribution in [2.75, 3.05) is 0 Å². The summed E-state index contributed by atoms with van der Waals surface area (Å²) in [6.07, 6.45) is 3.93. The number of phenols is 2. The molecule has 4 N–H and O–H groups in total. The molecule has 0 aliphatic carbocycles. The summed E-state index contributed by atoms with van der Waals surface area (Å²) in [4.78, 5) is 26.3. The number of nitrogens with one attached hydrogen (secondary N) is 2. The zero-order valence-electron chi connectivity index (χ0n) is 17.1. The number of aryl methyl sites for hydroxylation is 1. The van der Waals surface area contributed by atoms with E-state index >= 15 is 0 Å². The lowest BCUT2D eigenvalue weighted by atomic mass is 10.1. The zero-order valence-corrected chi connectivity index (χ0v) is 17.1. The highest BCUT2D eigenvalue weighted by molar-refractivity contribution is 5.53. The Morgan fingerprint density at radius 3 is 1.84 bits per heavy atom. The van der Waals surface area contributed by atoms with Crippen molar-refractivity contribution in [1.29, 1.82) is 0 Å². The average molecular weight is 418 g/mol. The lowest BCUT2D eigenvalue weighted by Gasteiger charge is -2.01. The van der Waals surface area contributed by atoms with Crippen LogP contribution >= 0.6 is 0 Å². The summed E-state index contributed by atoms with van der Waals surface area (Å²) >= 11 is 0. The van der Waals surface area contributed by atoms with Gasteiger partial charge in [-0.2, -0.15) is 0 Å². The molecule has 0 amide bonds. The molecular weight excluding hydrogens is 396 g/mol. The maximum atomic E-state index is 13.1. The van der Waals surface area contributed by atoms with Gasteiger partial charge >= 0.3 is 0 Å². The van der Waals surface area contributed by atoms with Crippen LogP contribution in [0, 0.1) is 0 Å². The highest BCUT2D eigenvalue weighted by Crippen LogP contribution is 2.14. The van der Waals surface area contributed by atoms with Gasteiger partial charge in [-0.1, -0.05) is 13.0 Å². The van der Waals surface area contributed by atoms with E-state index in [4.69, 9.17) is 0 Å². The van der Waals surface area contributed by atoms with Crippen LogP contribution in [0.3, 0.4) is 0 Å². The van der Waals surface area contributed by atoms with Crippen LogP contribution in [-0.2, 0) is 6.42 Å². The molecule has 4 rings (SSSR count). The average Bonchev–Trinajstić information content (AvgIpc) is 3.26. The van der Waals surface area contributed by atoms with Crippen molar-refractivity contribution in [2.45, 2.75) is 20.3 Å². The van der Waals surface area contributed by atoms with Gasteiger partial charge in [0.25, 0.3) is 11.1 Å². The molecule has 158 valence electrons. The van der Waals surface area contributed by atoms with Gasteiger partial charge in [0.05, 0.1) is 27.5 Å². The molecule has 2 heterocycles. The first kappa shape index (κ1) is 20.1. The Labute approximate surface area is 176 Å². The number of benzene rings is 2. The van der Waals surface area contributed by atoms with Gasteiger partial charge in [0.15, 0.2) is 0 Å². The smallest absolute Gasteiger partial charge is 0.279 e. The van der Waals surface area contributed by atoms with Crippen LogP contribution < -0.4 is 21.7 Å². The van der Waals surface area contributed by atoms with E-state index in [9.17, 15) is 19.8 Å². The van der Waals surface area contributed by atoms with Gasteiger partial charge in [0, 0.05) is 5.69 Å². The maximum Gasteiger partial charge on any atom is 0.279 e. The predicted octanol–water partition coefficient (Wildman–Crippen LogP) is 1.25. The number of H-pyrrole nitrogens is 2. The van der Waals surface area contributed by atoms with Gasteiger partial charge in [0.1, 0.15) is 11.5 Å². The van der Waals surface area contributed by atoms with Crippen molar-refractivity contribution < 1.29 is 10.2 Å². The minimum atomic E-state index is -0.308. The fourth-order valence-corrected chi connectivity index (χ4v) is 3.45. The van der Waals surface area contributed by atoms with E-state index in [0.29, 0.717) is 39.6 Å². The minimum Gasteiger partial charge on any atom is -0.508 e. The highest BCUT2D eigenvalue weighted by Gasteiger charge is 2.14. The van der Waals surface area contributed by atoms with Crippen LogP contribution in [-0.4, -0.2) is 29.8 Å². The molecule has 8 nitrogen and oxygen atoms in total. The number of aromatic hydroxyl groups is 2. The topological polar surface area (TPSA) is 116 Å². The summed E-state index contributed by atoms with van der Waals surface area (Å²) in [5.74, 6) is 0.211. The first-order valence-corrected chi connectivity index (χ1v) is 9.84. The molecule has 0 unspecified atom stereocenters. The SMILES string of the molecule is CC=c1[nH]n(-c2ccc(O)cc2)c(=O)c1=Cc1c(CC)[nH]n(-c2ccc(O)cc2)c1=O. The second kappa shape index (κ2) is 7.91. The quantitative estimate of drug-likeness (QED) is 0.399. The Balaban J connectivity index is 1.93. The molecule has 2 aromatic carbocycles. The van der Waals surface area contributed by atoms with E-state index in [0.717, 1.165) is 0 Å². The van der Waals surface area contributed by atoms with Gasteiger partial charge in [-0.3, -0.25) is 19.8 Å². The molecule has 0 saturated heterocycles. The van der Waals surface area contributed by atoms with Crippen molar-refractivity contribution in [3.63, 3.8) is 0 Å². The Morgan fingerprint density at radius 1 is 0.839 bits per heavy atom. The first-order valence-electron chi connectivity index (χ1n) is 9.84. The largest absolute Gasteiger partial charge is 0.508 e. The van der Waals surface area contributed by atoms with Gasteiger partial charge in [-0.15, -0.1) is 0 Å². The Hall–Kier alpha value is -4.20. The monoisotopic (exact) mass is 418 g/mol. The van der Waals surface area contributed by atoms with E-state index < -0.39 is 0 Å². The third-order valence-corrected chi connectivity index (χ3v) is 5.11. The normalized spacial score (nSPS) is 12.6. The number of hydrogen-bond donors (Lipinski definition) is 4. The second-order valence-electron chi connectivity index (χ2n) is 7.04. The molecule has 0 bridgehead atoms. The van der Waals surface area contributed by atoms with E-state index in [2.05, 4.69) is 10.2 Å². The molecule has 0 saturated carbocycles. The number of aromatic nitrogens is 4. The molecule has 0 aliphatic rings. The summed E-state index contributed by atoms with van der Waals surface area (Å²) in [6.45, 7) is 3.72. The summed E-state index contributed by atoms with van der Waals surface area (Å²) in [6, 6.07) is 12.5. The van der Waals surface area contributed by atoms with Crippen LogP contribution in [0.1, 0.15) is 25.1 Å². The van der Waals surface area contributed by atoms with Crippen LogP contribution in [0.15, 0.2) is 58.1 Å². The summed E-state index contributed by atoms with van der Waals surface area (Å²) < 4.78 is 2.77. The molecule has 31 heavy (non-hydrogen) atoms. The number of hydrogen-bond acceptors (Lipinski definition) is 4. The molecule has 0 radical (unpaired) electrons. The van der Waals surface area contributed by atoms with E-state index in [1.807, 2.05) is 6.92 Å². The van der Waals surface area contributed by atoms with Gasteiger partial charge in [-0.25, -0.2) is 9.36 Å². The van der Waals surface area contributed by atoms with Gasteiger partial charge in [0.2, 0.25) is 0 Å². The lowest BCUT2D eigenvalue weighted by Crippen LogP contribution is -2.35. The van der Waals surface area contributed by atoms with E-state index in [1.54, 1.807) is 43.3 Å². The third-order valence-electron chi connectivity index (χ3n) is 5.11. The molecule has 0 aliphatic heterocycles. The van der Waals surface area contributed by atoms with Crippen LogP contribution in [0.25, 0.3) is 23.5 Å². The number of phenolic OH excluding ortho intramolecular Hbond substituents is 2. The summed E-state index contributed by atoms with van der Waals surface area (Å²) in [5.41, 5.74) is 1.63. The first-order chi connectivity index (χ1) is 14.9. The van der Waals surface area contributed by atoms with Gasteiger partial charge < -0.3 is 10.2 Å². The second-order valence-corrected chi connectivity index (χ2v) is 7.04. The maximum absolute atomic E-state index is 13.1. The van der Waals surface area contributed by atoms with Crippen LogP contribution in [0.4, 0.5) is 0 Å². The Bertz CT molecular complexity index is 1470. The number of aromatic amines is 2. The van der Waals surface area contributed by atoms with Crippen molar-refractivity contribution in [2.24, 2.45) is 0 Å². The molecule has 2 aromatic heterocycles. The highest BCUT2D eigenvalue weighted by atomic mass is 16.3. The van der Waals surface area contributed by atoms with Crippen molar-refractivity contribution in [3.05, 3.63) is 91.1 Å². The molecule has 0 fully saturated rings. The molecule has 0 spiro atoms. The predicted molar refractivity (Wildman–Crippen MR) is 118 cm³/mol. The molecule has 8 heteroatoms. The van der Waals surface area contributed by atoms with E-state index in [-0.39, 0.29) is 22.6 Å². The molecular formula is C23H22N4O4. The fraction of sp³-hybridized carbons (Fsp3) is 0.130. The third kappa shape index (κ3) is 3.59. The molecule has 4 aromatic rings. The van der Waals surface area contributed by atoms with Gasteiger partial charge in [-0.05, 0) is 68.0 Å². The zero-order chi connectivity index (χ0) is 22.1.